The molecule has 0 radical (unpaired) electrons. The van der Waals surface area contributed by atoms with Crippen molar-refractivity contribution in [3.05, 3.63) is 23.8 Å². The zero-order valence-electron chi connectivity index (χ0n) is 10.8. The summed E-state index contributed by atoms with van der Waals surface area (Å²) in [5.74, 6) is 7.33. The van der Waals surface area contributed by atoms with Crippen LogP contribution in [-0.2, 0) is 0 Å². The first-order valence-corrected chi connectivity index (χ1v) is 6.14. The van der Waals surface area contributed by atoms with Crippen LogP contribution in [0, 0.1) is 11.8 Å². The zero-order chi connectivity index (χ0) is 13.0. The molecule has 0 aromatic heterocycles. The van der Waals surface area contributed by atoms with Crippen molar-refractivity contribution in [3.8, 4) is 23.3 Å². The molecule has 0 unspecified atom stereocenters. The molecule has 1 fully saturated rings. The second-order valence-electron chi connectivity index (χ2n) is 4.56. The highest BCUT2D eigenvalue weighted by atomic mass is 16.5. The second kappa shape index (κ2) is 5.32. The molecular weight excluding hydrogens is 228 g/mol. The molecule has 1 N–H and O–H groups in total. The molecule has 0 saturated heterocycles. The Hall–Kier alpha value is -1.66. The highest BCUT2D eigenvalue weighted by Gasteiger charge is 2.28. The third-order valence-electron chi connectivity index (χ3n) is 3.25. The van der Waals surface area contributed by atoms with E-state index in [1.165, 1.54) is 0 Å². The standard InChI is InChI=1S/C15H18O3/c1-17-13-6-5-12(11-14(13)18-2)7-10-15(16)8-3-4-9-15/h5-6,11,16H,3-4,8-9H2,1-2H3. The fraction of sp³-hybridized carbons (Fsp3) is 0.467. The Labute approximate surface area is 108 Å². The van der Waals surface area contributed by atoms with Crippen molar-refractivity contribution in [2.24, 2.45) is 0 Å². The van der Waals surface area contributed by atoms with Crippen LogP contribution in [0.25, 0.3) is 0 Å². The summed E-state index contributed by atoms with van der Waals surface area (Å²) in [6.07, 6.45) is 3.65. The summed E-state index contributed by atoms with van der Waals surface area (Å²) in [4.78, 5) is 0. The lowest BCUT2D eigenvalue weighted by molar-refractivity contribution is 0.110. The van der Waals surface area contributed by atoms with Crippen molar-refractivity contribution >= 4 is 0 Å². The van der Waals surface area contributed by atoms with E-state index in [1.54, 1.807) is 14.2 Å². The predicted octanol–water partition coefficient (Wildman–Crippen LogP) is 2.36. The number of ether oxygens (including phenoxy) is 2. The average Bonchev–Trinajstić information content (AvgIpc) is 2.83. The molecule has 1 aromatic rings. The third-order valence-corrected chi connectivity index (χ3v) is 3.25. The molecule has 0 amide bonds. The Bertz CT molecular complexity index is 476. The summed E-state index contributed by atoms with van der Waals surface area (Å²) in [7, 11) is 3.20. The number of hydrogen-bond acceptors (Lipinski definition) is 3. The van der Waals surface area contributed by atoms with Crippen LogP contribution in [0.2, 0.25) is 0 Å². The normalized spacial score (nSPS) is 16.8. The van der Waals surface area contributed by atoms with Crippen LogP contribution in [0.4, 0.5) is 0 Å². The van der Waals surface area contributed by atoms with Crippen LogP contribution in [0.15, 0.2) is 18.2 Å². The Morgan fingerprint density at radius 1 is 1.11 bits per heavy atom. The van der Waals surface area contributed by atoms with E-state index in [0.717, 1.165) is 31.2 Å². The number of methoxy groups -OCH3 is 2. The van der Waals surface area contributed by atoms with Gasteiger partial charge in [0.1, 0.15) is 5.60 Å². The van der Waals surface area contributed by atoms with Crippen LogP contribution in [-0.4, -0.2) is 24.9 Å². The molecule has 0 bridgehead atoms. The van der Waals surface area contributed by atoms with Crippen LogP contribution in [0.5, 0.6) is 11.5 Å². The van der Waals surface area contributed by atoms with Gasteiger partial charge >= 0.3 is 0 Å². The first kappa shape index (κ1) is 12.8. The van der Waals surface area contributed by atoms with Crippen molar-refractivity contribution in [1.82, 2.24) is 0 Å². The van der Waals surface area contributed by atoms with Gasteiger partial charge in [0.25, 0.3) is 0 Å². The highest BCUT2D eigenvalue weighted by Crippen LogP contribution is 2.29. The van der Waals surface area contributed by atoms with E-state index in [0.29, 0.717) is 11.5 Å². The van der Waals surface area contributed by atoms with Crippen LogP contribution < -0.4 is 9.47 Å². The third kappa shape index (κ3) is 2.77. The van der Waals surface area contributed by atoms with Gasteiger partial charge in [0.2, 0.25) is 0 Å². The van der Waals surface area contributed by atoms with E-state index in [1.807, 2.05) is 18.2 Å². The van der Waals surface area contributed by atoms with Gasteiger partial charge in [-0.15, -0.1) is 0 Å². The number of aliphatic hydroxyl groups is 1. The summed E-state index contributed by atoms with van der Waals surface area (Å²) in [6.45, 7) is 0. The van der Waals surface area contributed by atoms with E-state index in [-0.39, 0.29) is 0 Å². The summed E-state index contributed by atoms with van der Waals surface area (Å²) in [5.41, 5.74) is 0.0284. The molecule has 2 rings (SSSR count). The minimum absolute atomic E-state index is 0.655. The van der Waals surface area contributed by atoms with Gasteiger partial charge in [-0.1, -0.05) is 11.8 Å². The smallest absolute Gasteiger partial charge is 0.161 e. The van der Waals surface area contributed by atoms with Gasteiger partial charge in [0.15, 0.2) is 11.5 Å². The van der Waals surface area contributed by atoms with Crippen molar-refractivity contribution in [2.45, 2.75) is 31.3 Å². The van der Waals surface area contributed by atoms with Gasteiger partial charge in [-0.05, 0) is 43.9 Å². The maximum Gasteiger partial charge on any atom is 0.161 e. The van der Waals surface area contributed by atoms with Gasteiger partial charge in [-0.2, -0.15) is 0 Å². The summed E-state index contributed by atoms with van der Waals surface area (Å²) in [6, 6.07) is 5.51. The Morgan fingerprint density at radius 2 is 1.78 bits per heavy atom. The monoisotopic (exact) mass is 246 g/mol. The highest BCUT2D eigenvalue weighted by molar-refractivity contribution is 5.48. The number of benzene rings is 1. The molecule has 0 atom stereocenters. The molecule has 0 heterocycles. The molecule has 3 nitrogen and oxygen atoms in total. The van der Waals surface area contributed by atoms with Crippen molar-refractivity contribution in [1.29, 1.82) is 0 Å². The SMILES string of the molecule is COc1ccc(C#CC2(O)CCCC2)cc1OC. The largest absolute Gasteiger partial charge is 0.493 e. The molecule has 0 spiro atoms. The first-order chi connectivity index (χ1) is 8.67. The molecular formula is C15H18O3. The van der Waals surface area contributed by atoms with Gasteiger partial charge in [0.05, 0.1) is 14.2 Å². The topological polar surface area (TPSA) is 38.7 Å². The van der Waals surface area contributed by atoms with E-state index < -0.39 is 5.60 Å². The maximum atomic E-state index is 10.2. The molecule has 18 heavy (non-hydrogen) atoms. The van der Waals surface area contributed by atoms with Gasteiger partial charge < -0.3 is 14.6 Å². The minimum Gasteiger partial charge on any atom is -0.493 e. The molecule has 1 aliphatic carbocycles. The van der Waals surface area contributed by atoms with Crippen LogP contribution >= 0.6 is 0 Å². The van der Waals surface area contributed by atoms with Gasteiger partial charge in [-0.3, -0.25) is 0 Å². The summed E-state index contributed by atoms with van der Waals surface area (Å²) >= 11 is 0. The van der Waals surface area contributed by atoms with E-state index >= 15 is 0 Å². The van der Waals surface area contributed by atoms with E-state index in [2.05, 4.69) is 11.8 Å². The van der Waals surface area contributed by atoms with Crippen molar-refractivity contribution in [2.75, 3.05) is 14.2 Å². The zero-order valence-corrected chi connectivity index (χ0v) is 10.8. The summed E-state index contributed by atoms with van der Waals surface area (Å²) in [5, 5.41) is 10.2. The Balaban J connectivity index is 2.22. The molecule has 1 aromatic carbocycles. The molecule has 96 valence electrons. The average molecular weight is 246 g/mol. The van der Waals surface area contributed by atoms with E-state index in [4.69, 9.17) is 9.47 Å². The molecule has 3 heteroatoms. The second-order valence-corrected chi connectivity index (χ2v) is 4.56. The quantitative estimate of drug-likeness (QED) is 0.814. The first-order valence-electron chi connectivity index (χ1n) is 6.14. The molecule has 0 aliphatic heterocycles. The van der Waals surface area contributed by atoms with Crippen molar-refractivity contribution in [3.63, 3.8) is 0 Å². The lowest BCUT2D eigenvalue weighted by atomic mass is 10.0. The fourth-order valence-corrected chi connectivity index (χ4v) is 2.19. The van der Waals surface area contributed by atoms with Gasteiger partial charge in [-0.25, -0.2) is 0 Å². The Morgan fingerprint density at radius 3 is 2.39 bits per heavy atom. The lowest BCUT2D eigenvalue weighted by Crippen LogP contribution is -2.20. The van der Waals surface area contributed by atoms with Crippen molar-refractivity contribution < 1.29 is 14.6 Å². The maximum absolute atomic E-state index is 10.2. The number of hydrogen-bond donors (Lipinski definition) is 1. The van der Waals surface area contributed by atoms with E-state index in [9.17, 15) is 5.11 Å². The van der Waals surface area contributed by atoms with Crippen LogP contribution in [0.1, 0.15) is 31.2 Å². The summed E-state index contributed by atoms with van der Waals surface area (Å²) < 4.78 is 10.4. The minimum atomic E-state index is -0.798. The molecule has 1 aliphatic rings. The molecule has 1 saturated carbocycles. The fourth-order valence-electron chi connectivity index (χ4n) is 2.19. The predicted molar refractivity (Wildman–Crippen MR) is 69.8 cm³/mol. The number of rotatable bonds is 2. The lowest BCUT2D eigenvalue weighted by Gasteiger charge is -2.13. The van der Waals surface area contributed by atoms with Gasteiger partial charge in [0, 0.05) is 5.56 Å². The Kier molecular flexibility index (Phi) is 3.78. The van der Waals surface area contributed by atoms with Crippen LogP contribution in [0.3, 0.4) is 0 Å².